The van der Waals surface area contributed by atoms with E-state index in [-0.39, 0.29) is 17.9 Å². The Morgan fingerprint density at radius 3 is 2.18 bits per heavy atom. The normalized spacial score (nSPS) is 12.0. The number of benzene rings is 2. The van der Waals surface area contributed by atoms with Crippen LogP contribution in [-0.4, -0.2) is 58.7 Å². The molecule has 0 saturated heterocycles. The van der Waals surface area contributed by atoms with Crippen LogP contribution >= 0.6 is 0 Å². The Morgan fingerprint density at radius 2 is 1.66 bits per heavy atom. The summed E-state index contributed by atoms with van der Waals surface area (Å²) in [6.07, 6.45) is 1.59. The van der Waals surface area contributed by atoms with Gasteiger partial charge in [-0.15, -0.1) is 0 Å². The maximum Gasteiger partial charge on any atom is 0.328 e. The van der Waals surface area contributed by atoms with E-state index in [2.05, 4.69) is 10.5 Å². The highest BCUT2D eigenvalue weighted by atomic mass is 16.6. The molecule has 1 amide bonds. The first-order chi connectivity index (χ1) is 18.4. The van der Waals surface area contributed by atoms with Crippen LogP contribution < -0.4 is 14.8 Å². The number of hydrogen-bond donors (Lipinski definition) is 1. The number of nitrogens with zero attached hydrogens (tertiary/aromatic N) is 1. The molecule has 0 unspecified atom stereocenters. The van der Waals surface area contributed by atoms with E-state index in [9.17, 15) is 9.59 Å². The van der Waals surface area contributed by atoms with Gasteiger partial charge in [-0.1, -0.05) is 29.4 Å². The first kappa shape index (κ1) is 28.3. The molecule has 1 heterocycles. The van der Waals surface area contributed by atoms with Crippen LogP contribution in [0.15, 0.2) is 64.4 Å². The van der Waals surface area contributed by atoms with E-state index >= 15 is 0 Å². The quantitative estimate of drug-likeness (QED) is 0.204. The summed E-state index contributed by atoms with van der Waals surface area (Å²) in [5.74, 6) is 0.249. The van der Waals surface area contributed by atoms with Gasteiger partial charge < -0.3 is 33.5 Å². The lowest BCUT2D eigenvalue weighted by atomic mass is 9.98. The van der Waals surface area contributed by atoms with Gasteiger partial charge in [0.05, 0.1) is 39.8 Å². The third kappa shape index (κ3) is 6.92. The summed E-state index contributed by atoms with van der Waals surface area (Å²) in [6.45, 7) is 2.98. The molecule has 0 spiro atoms. The van der Waals surface area contributed by atoms with E-state index in [1.54, 1.807) is 26.4 Å². The number of oxime groups is 1. The molecule has 2 aromatic carbocycles. The zero-order valence-corrected chi connectivity index (χ0v) is 22.1. The van der Waals surface area contributed by atoms with Crippen LogP contribution in [0.3, 0.4) is 0 Å². The number of carbonyl (C=O) groups excluding carboxylic acids is 2. The van der Waals surface area contributed by atoms with Gasteiger partial charge in [0.25, 0.3) is 5.91 Å². The van der Waals surface area contributed by atoms with Crippen molar-refractivity contribution in [2.75, 3.05) is 35.0 Å². The maximum atomic E-state index is 12.9. The third-order valence-electron chi connectivity index (χ3n) is 5.66. The van der Waals surface area contributed by atoms with Gasteiger partial charge in [-0.25, -0.2) is 4.79 Å². The fourth-order valence-corrected chi connectivity index (χ4v) is 3.86. The lowest BCUT2D eigenvalue weighted by Crippen LogP contribution is -2.46. The number of methoxy groups -OCH3 is 3. The van der Waals surface area contributed by atoms with Gasteiger partial charge in [-0.3, -0.25) is 4.79 Å². The second-order valence-corrected chi connectivity index (χ2v) is 8.06. The van der Waals surface area contributed by atoms with Crippen molar-refractivity contribution in [2.45, 2.75) is 26.0 Å². The molecule has 0 saturated carbocycles. The molecule has 0 fully saturated rings. The summed E-state index contributed by atoms with van der Waals surface area (Å²) in [4.78, 5) is 30.2. The molecule has 1 N–H and O–H groups in total. The van der Waals surface area contributed by atoms with Crippen LogP contribution in [-0.2, 0) is 36.9 Å². The summed E-state index contributed by atoms with van der Waals surface area (Å²) in [5, 5.41) is 6.40. The van der Waals surface area contributed by atoms with E-state index in [4.69, 9.17) is 28.2 Å². The van der Waals surface area contributed by atoms with Crippen LogP contribution in [0.1, 0.15) is 23.8 Å². The first-order valence-corrected chi connectivity index (χ1v) is 11.9. The molecule has 10 nitrogen and oxygen atoms in total. The molecule has 38 heavy (non-hydrogen) atoms. The minimum atomic E-state index is -0.975. The smallest absolute Gasteiger partial charge is 0.328 e. The Hall–Kier alpha value is -4.31. The molecule has 10 heteroatoms. The second kappa shape index (κ2) is 13.8. The lowest BCUT2D eigenvalue weighted by molar-refractivity contribution is -0.144. The first-order valence-electron chi connectivity index (χ1n) is 11.9. The van der Waals surface area contributed by atoms with Crippen LogP contribution in [0.5, 0.6) is 11.5 Å². The van der Waals surface area contributed by atoms with E-state index in [1.165, 1.54) is 20.5 Å². The number of amides is 1. The molecular weight excluding hydrogens is 492 g/mol. The van der Waals surface area contributed by atoms with Crippen LogP contribution in [0.4, 0.5) is 0 Å². The molecule has 0 aliphatic heterocycles. The minimum absolute atomic E-state index is 0.103. The van der Waals surface area contributed by atoms with Crippen molar-refractivity contribution in [1.29, 1.82) is 0 Å². The van der Waals surface area contributed by atoms with Gasteiger partial charge in [0.15, 0.2) is 5.76 Å². The van der Waals surface area contributed by atoms with Crippen LogP contribution in [0.2, 0.25) is 0 Å². The van der Waals surface area contributed by atoms with Gasteiger partial charge >= 0.3 is 5.97 Å². The number of ether oxygens (including phenoxy) is 4. The van der Waals surface area contributed by atoms with E-state index in [0.29, 0.717) is 24.7 Å². The van der Waals surface area contributed by atoms with Crippen LogP contribution in [0, 0.1) is 0 Å². The van der Waals surface area contributed by atoms with Crippen molar-refractivity contribution in [1.82, 2.24) is 5.32 Å². The molecule has 3 rings (SSSR count). The number of rotatable bonds is 13. The summed E-state index contributed by atoms with van der Waals surface area (Å²) in [6, 6.07) is 13.6. The average molecular weight is 525 g/mol. The van der Waals surface area contributed by atoms with Gasteiger partial charge in [0.1, 0.15) is 24.7 Å². The molecular formula is C28H32N2O8. The van der Waals surface area contributed by atoms with Gasteiger partial charge in [-0.05, 0) is 47.9 Å². The zero-order chi connectivity index (χ0) is 27.5. The van der Waals surface area contributed by atoms with Crippen molar-refractivity contribution >= 4 is 17.6 Å². The predicted molar refractivity (Wildman–Crippen MR) is 140 cm³/mol. The van der Waals surface area contributed by atoms with E-state index in [1.807, 2.05) is 43.3 Å². The highest BCUT2D eigenvalue weighted by Gasteiger charge is 2.27. The Morgan fingerprint density at radius 1 is 0.974 bits per heavy atom. The molecule has 1 aromatic heterocycles. The van der Waals surface area contributed by atoms with Gasteiger partial charge in [-0.2, -0.15) is 0 Å². The minimum Gasteiger partial charge on any atom is -0.496 e. The third-order valence-corrected chi connectivity index (χ3v) is 5.66. The molecule has 1 atom stereocenters. The Labute approximate surface area is 221 Å². The number of esters is 1. The van der Waals surface area contributed by atoms with Gasteiger partial charge in [0.2, 0.25) is 5.71 Å². The molecule has 0 aliphatic rings. The SMILES string of the molecule is CCOCc1cc(OC)c(-c2ccc(C[C@H](NC(=O)C(=NOC)c3ccco3)C(=O)OC)cc2)c(OC)c1. The second-order valence-electron chi connectivity index (χ2n) is 8.06. The molecule has 0 radical (unpaired) electrons. The molecule has 0 bridgehead atoms. The summed E-state index contributed by atoms with van der Waals surface area (Å²) >= 11 is 0. The molecule has 0 aliphatic carbocycles. The van der Waals surface area contributed by atoms with Crippen LogP contribution in [0.25, 0.3) is 11.1 Å². The number of hydrogen-bond acceptors (Lipinski definition) is 9. The Bertz CT molecular complexity index is 1210. The van der Waals surface area contributed by atoms with E-state index in [0.717, 1.165) is 22.3 Å². The van der Waals surface area contributed by atoms with Crippen molar-refractivity contribution in [3.63, 3.8) is 0 Å². The standard InChI is InChI=1S/C28H32N2O8/c1-6-37-17-19-15-23(33-2)25(24(16-19)34-3)20-11-9-18(10-12-20)14-21(28(32)35-4)29-27(31)26(30-36-5)22-8-7-13-38-22/h7-13,15-16,21H,6,14,17H2,1-5H3,(H,29,31)/t21-/m0/s1. The average Bonchev–Trinajstić information content (AvgIpc) is 3.48. The fourth-order valence-electron chi connectivity index (χ4n) is 3.86. The summed E-state index contributed by atoms with van der Waals surface area (Å²) < 4.78 is 27.0. The molecule has 202 valence electrons. The number of carbonyl (C=O) groups is 2. The lowest BCUT2D eigenvalue weighted by Gasteiger charge is -2.18. The van der Waals surface area contributed by atoms with Crippen molar-refractivity contribution in [2.24, 2.45) is 5.16 Å². The monoisotopic (exact) mass is 524 g/mol. The Balaban J connectivity index is 1.84. The summed E-state index contributed by atoms with van der Waals surface area (Å²) in [7, 11) is 5.77. The zero-order valence-electron chi connectivity index (χ0n) is 22.1. The molecule has 3 aromatic rings. The maximum absolute atomic E-state index is 12.9. The highest BCUT2D eigenvalue weighted by Crippen LogP contribution is 2.40. The van der Waals surface area contributed by atoms with Crippen molar-refractivity contribution in [3.8, 4) is 22.6 Å². The fraction of sp³-hybridized carbons (Fsp3) is 0.321. The number of furan rings is 1. The highest BCUT2D eigenvalue weighted by molar-refractivity contribution is 6.44. The van der Waals surface area contributed by atoms with Crippen molar-refractivity contribution in [3.05, 3.63) is 71.7 Å². The summed E-state index contributed by atoms with van der Waals surface area (Å²) in [5.41, 5.74) is 3.27. The van der Waals surface area contributed by atoms with E-state index < -0.39 is 17.9 Å². The largest absolute Gasteiger partial charge is 0.496 e. The topological polar surface area (TPSA) is 118 Å². The number of nitrogens with one attached hydrogen (secondary N) is 1. The van der Waals surface area contributed by atoms with Crippen molar-refractivity contribution < 1.29 is 37.8 Å². The Kier molecular flexibility index (Phi) is 10.3. The van der Waals surface area contributed by atoms with Gasteiger partial charge in [0, 0.05) is 13.0 Å². The predicted octanol–water partition coefficient (Wildman–Crippen LogP) is 3.75.